The van der Waals surface area contributed by atoms with Crippen LogP contribution in [0.2, 0.25) is 5.02 Å². The Balaban J connectivity index is 1.78. The van der Waals surface area contributed by atoms with E-state index in [-0.39, 0.29) is 27.7 Å². The molecule has 0 atom stereocenters. The average Bonchev–Trinajstić information content (AvgIpc) is 3.12. The third kappa shape index (κ3) is 3.79. The number of carbonyl (C=O) groups is 2. The molecule has 0 radical (unpaired) electrons. The number of furan rings is 1. The van der Waals surface area contributed by atoms with E-state index in [9.17, 15) is 14.0 Å². The Morgan fingerprint density at radius 2 is 1.87 bits per heavy atom. The molecular formula is C21H13ClFN3O3S. The van der Waals surface area contributed by atoms with Crippen molar-refractivity contribution in [3.05, 3.63) is 82.6 Å². The summed E-state index contributed by atoms with van der Waals surface area (Å²) < 4.78 is 19.0. The molecule has 4 rings (SSSR count). The van der Waals surface area contributed by atoms with Gasteiger partial charge in [0.15, 0.2) is 16.6 Å². The number of carbonyl (C=O) groups excluding carboxylic acids is 2. The third-order valence-corrected chi connectivity index (χ3v) is 5.10. The Morgan fingerprint density at radius 3 is 2.60 bits per heavy atom. The van der Waals surface area contributed by atoms with Gasteiger partial charge in [0.05, 0.1) is 16.9 Å². The summed E-state index contributed by atoms with van der Waals surface area (Å²) in [5, 5.41) is 3.68. The monoisotopic (exact) mass is 441 g/mol. The molecule has 1 amide bonds. The molecular weight excluding hydrogens is 429 g/mol. The lowest BCUT2D eigenvalue weighted by Gasteiger charge is -2.07. The highest BCUT2D eigenvalue weighted by atomic mass is 35.5. The van der Waals surface area contributed by atoms with Crippen molar-refractivity contribution in [3.8, 4) is 0 Å². The molecule has 9 heteroatoms. The van der Waals surface area contributed by atoms with E-state index < -0.39 is 17.5 Å². The van der Waals surface area contributed by atoms with Crippen LogP contribution in [-0.2, 0) is 0 Å². The van der Waals surface area contributed by atoms with Crippen molar-refractivity contribution in [2.24, 2.45) is 0 Å². The molecule has 0 fully saturated rings. The molecule has 0 unspecified atom stereocenters. The molecule has 0 aliphatic heterocycles. The van der Waals surface area contributed by atoms with E-state index in [4.69, 9.17) is 16.0 Å². The van der Waals surface area contributed by atoms with E-state index in [1.54, 1.807) is 30.5 Å². The molecule has 0 aliphatic carbocycles. The van der Waals surface area contributed by atoms with Crippen molar-refractivity contribution in [1.82, 2.24) is 9.97 Å². The number of fused-ring (bicyclic) bond motifs is 1. The predicted molar refractivity (Wildman–Crippen MR) is 113 cm³/mol. The van der Waals surface area contributed by atoms with Crippen LogP contribution in [0.25, 0.3) is 11.0 Å². The molecule has 0 spiro atoms. The zero-order chi connectivity index (χ0) is 21.3. The predicted octanol–water partition coefficient (Wildman–Crippen LogP) is 5.22. The zero-order valence-electron chi connectivity index (χ0n) is 15.5. The molecule has 0 saturated carbocycles. The lowest BCUT2D eigenvalue weighted by atomic mass is 10.1. The highest BCUT2D eigenvalue weighted by Gasteiger charge is 2.25. The van der Waals surface area contributed by atoms with Gasteiger partial charge in [-0.05, 0) is 42.7 Å². The van der Waals surface area contributed by atoms with Crippen molar-refractivity contribution < 1.29 is 18.4 Å². The number of para-hydroxylation sites is 1. The lowest BCUT2D eigenvalue weighted by molar-refractivity contribution is 0.101. The summed E-state index contributed by atoms with van der Waals surface area (Å²) >= 11 is 7.36. The first-order valence-electron chi connectivity index (χ1n) is 8.67. The highest BCUT2D eigenvalue weighted by Crippen LogP contribution is 2.33. The van der Waals surface area contributed by atoms with Crippen molar-refractivity contribution in [2.75, 3.05) is 11.6 Å². The molecule has 2 aromatic carbocycles. The maximum Gasteiger partial charge on any atom is 0.276 e. The fraction of sp³-hybridized carbons (Fsp3) is 0.0476. The van der Waals surface area contributed by atoms with E-state index >= 15 is 0 Å². The number of amides is 1. The molecule has 0 saturated heterocycles. The standard InChI is InChI=1S/C21H13ClFN3O3S/c1-30-21-24-10-14(22)17(26-21)20(28)25-16-13-4-2-3-5-15(13)29-19(16)18(27)11-6-8-12(23)9-7-11/h2-10H,1H3,(H,25,28). The van der Waals surface area contributed by atoms with Crippen molar-refractivity contribution in [1.29, 1.82) is 0 Å². The van der Waals surface area contributed by atoms with Gasteiger partial charge in [0.2, 0.25) is 5.78 Å². The summed E-state index contributed by atoms with van der Waals surface area (Å²) in [5.74, 6) is -1.66. The smallest absolute Gasteiger partial charge is 0.276 e. The number of halogens is 2. The van der Waals surface area contributed by atoms with Crippen molar-refractivity contribution in [2.45, 2.75) is 5.16 Å². The number of nitrogens with one attached hydrogen (secondary N) is 1. The molecule has 6 nitrogen and oxygen atoms in total. The maximum atomic E-state index is 13.2. The maximum absolute atomic E-state index is 13.2. The molecule has 30 heavy (non-hydrogen) atoms. The number of rotatable bonds is 5. The zero-order valence-corrected chi connectivity index (χ0v) is 17.1. The highest BCUT2D eigenvalue weighted by molar-refractivity contribution is 7.98. The molecule has 1 N–H and O–H groups in total. The van der Waals surface area contributed by atoms with Gasteiger partial charge in [-0.25, -0.2) is 14.4 Å². The van der Waals surface area contributed by atoms with Gasteiger partial charge in [-0.1, -0.05) is 35.5 Å². The van der Waals surface area contributed by atoms with Crippen LogP contribution in [-0.4, -0.2) is 27.9 Å². The van der Waals surface area contributed by atoms with Crippen molar-refractivity contribution in [3.63, 3.8) is 0 Å². The minimum Gasteiger partial charge on any atom is -0.450 e. The van der Waals surface area contributed by atoms with Gasteiger partial charge in [0.25, 0.3) is 5.91 Å². The first-order valence-corrected chi connectivity index (χ1v) is 10.3. The van der Waals surface area contributed by atoms with E-state index in [0.717, 1.165) is 0 Å². The summed E-state index contributed by atoms with van der Waals surface area (Å²) in [6, 6.07) is 11.9. The van der Waals surface area contributed by atoms with E-state index in [2.05, 4.69) is 15.3 Å². The quantitative estimate of drug-likeness (QED) is 0.259. The lowest BCUT2D eigenvalue weighted by Crippen LogP contribution is -2.17. The molecule has 0 aliphatic rings. The summed E-state index contributed by atoms with van der Waals surface area (Å²) in [6.07, 6.45) is 3.11. The van der Waals surface area contributed by atoms with Crippen LogP contribution in [0.3, 0.4) is 0 Å². The summed E-state index contributed by atoms with van der Waals surface area (Å²) in [6.45, 7) is 0. The Hall–Kier alpha value is -3.23. The second-order valence-electron chi connectivity index (χ2n) is 6.15. The number of anilines is 1. The van der Waals surface area contributed by atoms with Gasteiger partial charge in [-0.15, -0.1) is 0 Å². The second kappa shape index (κ2) is 8.25. The number of aromatic nitrogens is 2. The van der Waals surface area contributed by atoms with Gasteiger partial charge < -0.3 is 9.73 Å². The molecule has 2 heterocycles. The molecule has 150 valence electrons. The largest absolute Gasteiger partial charge is 0.450 e. The average molecular weight is 442 g/mol. The number of hydrogen-bond donors (Lipinski definition) is 1. The van der Waals surface area contributed by atoms with Crippen LogP contribution < -0.4 is 5.32 Å². The van der Waals surface area contributed by atoms with Crippen LogP contribution >= 0.6 is 23.4 Å². The Morgan fingerprint density at radius 1 is 1.13 bits per heavy atom. The van der Waals surface area contributed by atoms with Gasteiger partial charge in [0.1, 0.15) is 11.4 Å². The summed E-state index contributed by atoms with van der Waals surface area (Å²) in [4.78, 5) is 34.1. The van der Waals surface area contributed by atoms with E-state index in [1.807, 2.05) is 0 Å². The summed E-state index contributed by atoms with van der Waals surface area (Å²) in [7, 11) is 0. The van der Waals surface area contributed by atoms with Crippen LogP contribution in [0.15, 0.2) is 64.3 Å². The minimum atomic E-state index is -0.614. The fourth-order valence-electron chi connectivity index (χ4n) is 2.84. The van der Waals surface area contributed by atoms with E-state index in [1.165, 1.54) is 42.2 Å². The van der Waals surface area contributed by atoms with Gasteiger partial charge in [0, 0.05) is 10.9 Å². The van der Waals surface area contributed by atoms with Gasteiger partial charge in [-0.3, -0.25) is 9.59 Å². The van der Waals surface area contributed by atoms with Crippen LogP contribution in [0, 0.1) is 5.82 Å². The number of benzene rings is 2. The summed E-state index contributed by atoms with van der Waals surface area (Å²) in [5.41, 5.74) is 0.791. The Kier molecular flexibility index (Phi) is 5.52. The van der Waals surface area contributed by atoms with Gasteiger partial charge in [-0.2, -0.15) is 0 Å². The SMILES string of the molecule is CSc1ncc(Cl)c(C(=O)Nc2c(C(=O)c3ccc(F)cc3)oc3ccccc23)n1. The van der Waals surface area contributed by atoms with Gasteiger partial charge >= 0.3 is 0 Å². The first kappa shape index (κ1) is 20.1. The second-order valence-corrected chi connectivity index (χ2v) is 7.33. The minimum absolute atomic E-state index is 0.0264. The van der Waals surface area contributed by atoms with Crippen molar-refractivity contribution >= 4 is 51.7 Å². The number of nitrogens with zero attached hydrogens (tertiary/aromatic N) is 2. The van der Waals surface area contributed by atoms with Crippen LogP contribution in [0.5, 0.6) is 0 Å². The third-order valence-electron chi connectivity index (χ3n) is 4.27. The number of ketones is 1. The topological polar surface area (TPSA) is 85.1 Å². The Labute approximate surface area is 179 Å². The Bertz CT molecular complexity index is 1270. The van der Waals surface area contributed by atoms with Crippen LogP contribution in [0.4, 0.5) is 10.1 Å². The fourth-order valence-corrected chi connectivity index (χ4v) is 3.36. The number of hydrogen-bond acceptors (Lipinski definition) is 6. The normalized spacial score (nSPS) is 10.9. The van der Waals surface area contributed by atoms with E-state index in [0.29, 0.717) is 16.1 Å². The molecule has 4 aromatic rings. The van der Waals surface area contributed by atoms with Crippen LogP contribution in [0.1, 0.15) is 26.6 Å². The molecule has 2 aromatic heterocycles. The first-order chi connectivity index (χ1) is 14.5. The molecule has 0 bridgehead atoms. The number of thioether (sulfide) groups is 1.